The van der Waals surface area contributed by atoms with Crippen molar-refractivity contribution in [2.75, 3.05) is 51.3 Å². The molecule has 1 unspecified atom stereocenters. The third-order valence-corrected chi connectivity index (χ3v) is 4.32. The molecule has 0 bridgehead atoms. The van der Waals surface area contributed by atoms with Crippen LogP contribution >= 0.6 is 11.8 Å². The van der Waals surface area contributed by atoms with Crippen LogP contribution in [0.2, 0.25) is 0 Å². The third-order valence-electron chi connectivity index (χ3n) is 3.62. The average molecular weight is 259 g/mol. The fourth-order valence-corrected chi connectivity index (χ4v) is 3.04. The minimum atomic E-state index is 0.617. The van der Waals surface area contributed by atoms with Crippen molar-refractivity contribution in [3.05, 3.63) is 0 Å². The van der Waals surface area contributed by atoms with E-state index in [0.717, 1.165) is 6.54 Å². The standard InChI is InChI=1S/C13H29N3S/c1-3-6-15-7-9-16(10-8-15)13(12-14)5-4-11-17-2/h13H,3-12,14H2,1-2H3. The second-order valence-electron chi connectivity index (χ2n) is 4.90. The molecule has 2 N–H and O–H groups in total. The van der Waals surface area contributed by atoms with Crippen LogP contribution < -0.4 is 5.73 Å². The van der Waals surface area contributed by atoms with E-state index in [0.29, 0.717) is 6.04 Å². The zero-order valence-electron chi connectivity index (χ0n) is 11.5. The van der Waals surface area contributed by atoms with Crippen LogP contribution in [0.25, 0.3) is 0 Å². The van der Waals surface area contributed by atoms with Gasteiger partial charge in [0.25, 0.3) is 0 Å². The molecular formula is C13H29N3S. The van der Waals surface area contributed by atoms with Gasteiger partial charge in [0, 0.05) is 38.8 Å². The first-order chi connectivity index (χ1) is 8.31. The van der Waals surface area contributed by atoms with Crippen LogP contribution in [0, 0.1) is 0 Å². The Morgan fingerprint density at radius 1 is 1.24 bits per heavy atom. The van der Waals surface area contributed by atoms with Crippen LogP contribution in [0.3, 0.4) is 0 Å². The zero-order chi connectivity index (χ0) is 12.5. The van der Waals surface area contributed by atoms with Gasteiger partial charge in [-0.25, -0.2) is 0 Å². The number of hydrogen-bond donors (Lipinski definition) is 1. The fraction of sp³-hybridized carbons (Fsp3) is 1.00. The molecule has 3 nitrogen and oxygen atoms in total. The molecule has 17 heavy (non-hydrogen) atoms. The summed E-state index contributed by atoms with van der Waals surface area (Å²) in [5.41, 5.74) is 5.92. The van der Waals surface area contributed by atoms with Gasteiger partial charge in [0.05, 0.1) is 0 Å². The molecule has 0 aromatic carbocycles. The highest BCUT2D eigenvalue weighted by molar-refractivity contribution is 7.98. The van der Waals surface area contributed by atoms with E-state index in [1.54, 1.807) is 0 Å². The SMILES string of the molecule is CCCN1CCN(C(CN)CCCSC)CC1. The lowest BCUT2D eigenvalue weighted by atomic mass is 10.1. The summed E-state index contributed by atoms with van der Waals surface area (Å²) in [7, 11) is 0. The Hall–Kier alpha value is 0.230. The highest BCUT2D eigenvalue weighted by atomic mass is 32.2. The lowest BCUT2D eigenvalue weighted by molar-refractivity contribution is 0.0948. The van der Waals surface area contributed by atoms with Crippen molar-refractivity contribution >= 4 is 11.8 Å². The smallest absolute Gasteiger partial charge is 0.0219 e. The Morgan fingerprint density at radius 2 is 1.94 bits per heavy atom. The van der Waals surface area contributed by atoms with Crippen molar-refractivity contribution in [1.82, 2.24) is 9.80 Å². The third kappa shape index (κ3) is 5.60. The minimum absolute atomic E-state index is 0.617. The van der Waals surface area contributed by atoms with E-state index in [-0.39, 0.29) is 0 Å². The van der Waals surface area contributed by atoms with Crippen LogP contribution in [-0.2, 0) is 0 Å². The van der Waals surface area contributed by atoms with E-state index in [9.17, 15) is 0 Å². The molecule has 1 rings (SSSR count). The predicted molar refractivity (Wildman–Crippen MR) is 78.8 cm³/mol. The van der Waals surface area contributed by atoms with Crippen molar-refractivity contribution in [1.29, 1.82) is 0 Å². The van der Waals surface area contributed by atoms with E-state index >= 15 is 0 Å². The highest BCUT2D eigenvalue weighted by Gasteiger charge is 2.21. The van der Waals surface area contributed by atoms with Gasteiger partial charge in [0.15, 0.2) is 0 Å². The van der Waals surface area contributed by atoms with Crippen molar-refractivity contribution in [3.8, 4) is 0 Å². The molecular weight excluding hydrogens is 230 g/mol. The molecule has 1 aliphatic rings. The molecule has 1 heterocycles. The summed E-state index contributed by atoms with van der Waals surface area (Å²) in [6.45, 7) is 9.22. The molecule has 102 valence electrons. The maximum atomic E-state index is 5.92. The van der Waals surface area contributed by atoms with Gasteiger partial charge in [-0.3, -0.25) is 4.90 Å². The van der Waals surface area contributed by atoms with Gasteiger partial charge in [-0.2, -0.15) is 11.8 Å². The number of piperazine rings is 1. The number of thioether (sulfide) groups is 1. The van der Waals surface area contributed by atoms with E-state index < -0.39 is 0 Å². The second kappa shape index (κ2) is 9.20. The fourth-order valence-electron chi connectivity index (χ4n) is 2.58. The van der Waals surface area contributed by atoms with Gasteiger partial charge in [-0.05, 0) is 37.8 Å². The molecule has 0 aliphatic carbocycles. The van der Waals surface area contributed by atoms with Gasteiger partial charge in [-0.1, -0.05) is 6.92 Å². The minimum Gasteiger partial charge on any atom is -0.329 e. The summed E-state index contributed by atoms with van der Waals surface area (Å²) in [6.07, 6.45) is 6.03. The number of nitrogens with two attached hydrogens (primary N) is 1. The molecule has 0 aromatic heterocycles. The molecule has 0 amide bonds. The molecule has 0 aromatic rings. The molecule has 1 saturated heterocycles. The Balaban J connectivity index is 2.24. The van der Waals surface area contributed by atoms with Crippen molar-refractivity contribution in [2.45, 2.75) is 32.2 Å². The van der Waals surface area contributed by atoms with Crippen molar-refractivity contribution < 1.29 is 0 Å². The normalized spacial score (nSPS) is 20.6. The van der Waals surface area contributed by atoms with Crippen LogP contribution in [-0.4, -0.2) is 67.1 Å². The second-order valence-corrected chi connectivity index (χ2v) is 5.89. The first-order valence-electron chi connectivity index (χ1n) is 6.97. The van der Waals surface area contributed by atoms with Gasteiger partial charge in [-0.15, -0.1) is 0 Å². The van der Waals surface area contributed by atoms with Crippen LogP contribution in [0.15, 0.2) is 0 Å². The van der Waals surface area contributed by atoms with E-state index in [1.165, 1.54) is 57.7 Å². The summed E-state index contributed by atoms with van der Waals surface area (Å²) >= 11 is 1.94. The topological polar surface area (TPSA) is 32.5 Å². The Bertz CT molecular complexity index is 182. The van der Waals surface area contributed by atoms with Gasteiger partial charge in [0.1, 0.15) is 0 Å². The summed E-state index contributed by atoms with van der Waals surface area (Å²) in [5, 5.41) is 0. The Morgan fingerprint density at radius 3 is 2.47 bits per heavy atom. The van der Waals surface area contributed by atoms with Gasteiger partial charge in [0.2, 0.25) is 0 Å². The number of hydrogen-bond acceptors (Lipinski definition) is 4. The molecule has 1 aliphatic heterocycles. The number of rotatable bonds is 8. The molecule has 0 radical (unpaired) electrons. The first-order valence-corrected chi connectivity index (χ1v) is 8.36. The van der Waals surface area contributed by atoms with Crippen molar-refractivity contribution in [2.24, 2.45) is 5.73 Å². The van der Waals surface area contributed by atoms with Crippen LogP contribution in [0.5, 0.6) is 0 Å². The predicted octanol–water partition coefficient (Wildman–Crippen LogP) is 1.48. The van der Waals surface area contributed by atoms with Gasteiger partial charge >= 0.3 is 0 Å². The zero-order valence-corrected chi connectivity index (χ0v) is 12.3. The largest absolute Gasteiger partial charge is 0.329 e. The molecule has 4 heteroatoms. The number of nitrogens with zero attached hydrogens (tertiary/aromatic N) is 2. The maximum Gasteiger partial charge on any atom is 0.0219 e. The van der Waals surface area contributed by atoms with E-state index in [1.807, 2.05) is 11.8 Å². The molecule has 0 saturated carbocycles. The first kappa shape index (κ1) is 15.3. The average Bonchev–Trinajstić information content (AvgIpc) is 2.36. The highest BCUT2D eigenvalue weighted by Crippen LogP contribution is 2.12. The lowest BCUT2D eigenvalue weighted by Crippen LogP contribution is -2.52. The van der Waals surface area contributed by atoms with Crippen molar-refractivity contribution in [3.63, 3.8) is 0 Å². The molecule has 0 spiro atoms. The summed E-state index contributed by atoms with van der Waals surface area (Å²) in [6, 6.07) is 0.617. The maximum absolute atomic E-state index is 5.92. The molecule has 1 fully saturated rings. The van der Waals surface area contributed by atoms with Gasteiger partial charge < -0.3 is 10.6 Å². The van der Waals surface area contributed by atoms with E-state index in [2.05, 4.69) is 23.0 Å². The summed E-state index contributed by atoms with van der Waals surface area (Å²) in [4.78, 5) is 5.18. The van der Waals surface area contributed by atoms with Crippen LogP contribution in [0.4, 0.5) is 0 Å². The Labute approximate surface area is 111 Å². The van der Waals surface area contributed by atoms with E-state index in [4.69, 9.17) is 5.73 Å². The molecule has 1 atom stereocenters. The summed E-state index contributed by atoms with van der Waals surface area (Å²) in [5.74, 6) is 1.27. The monoisotopic (exact) mass is 259 g/mol. The quantitative estimate of drug-likeness (QED) is 0.669. The van der Waals surface area contributed by atoms with Crippen LogP contribution in [0.1, 0.15) is 26.2 Å². The Kier molecular flexibility index (Phi) is 8.27. The lowest BCUT2D eigenvalue weighted by Gasteiger charge is -2.39. The summed E-state index contributed by atoms with van der Waals surface area (Å²) < 4.78 is 0.